The standard InChI is InChI=1S/C19H29NO3S/c1-15(2)13-23-14-16-8-10-17(11-9-16)19(22)20-12-6-4-5-7-18(21)24-3/h8-11,15H,4-7,12-14H2,1-3H3,(H,20,22). The van der Waals surface area contributed by atoms with Gasteiger partial charge in [0.05, 0.1) is 6.61 Å². The van der Waals surface area contributed by atoms with Gasteiger partial charge in [-0.2, -0.15) is 0 Å². The summed E-state index contributed by atoms with van der Waals surface area (Å²) < 4.78 is 5.58. The first kappa shape index (κ1) is 20.7. The fourth-order valence-electron chi connectivity index (χ4n) is 2.14. The third-order valence-corrected chi connectivity index (χ3v) is 4.17. The monoisotopic (exact) mass is 351 g/mol. The maximum atomic E-state index is 12.0. The molecule has 0 saturated heterocycles. The molecule has 1 aromatic carbocycles. The van der Waals surface area contributed by atoms with E-state index in [1.54, 1.807) is 0 Å². The Morgan fingerprint density at radius 3 is 2.46 bits per heavy atom. The summed E-state index contributed by atoms with van der Waals surface area (Å²) in [6.07, 6.45) is 5.17. The van der Waals surface area contributed by atoms with Gasteiger partial charge in [0.25, 0.3) is 5.91 Å². The van der Waals surface area contributed by atoms with Gasteiger partial charge in [0, 0.05) is 25.1 Å². The van der Waals surface area contributed by atoms with Crippen molar-refractivity contribution < 1.29 is 14.3 Å². The molecule has 4 nitrogen and oxygen atoms in total. The summed E-state index contributed by atoms with van der Waals surface area (Å²) >= 11 is 1.28. The quantitative estimate of drug-likeness (QED) is 0.611. The van der Waals surface area contributed by atoms with Crippen LogP contribution in [-0.4, -0.2) is 30.4 Å². The van der Waals surface area contributed by atoms with Gasteiger partial charge in [-0.25, -0.2) is 0 Å². The molecule has 0 atom stereocenters. The number of unbranched alkanes of at least 4 members (excludes halogenated alkanes) is 2. The predicted molar refractivity (Wildman–Crippen MR) is 100 cm³/mol. The number of nitrogens with one attached hydrogen (secondary N) is 1. The molecule has 0 saturated carbocycles. The number of hydrogen-bond donors (Lipinski definition) is 1. The van der Waals surface area contributed by atoms with Crippen molar-refractivity contribution in [1.29, 1.82) is 0 Å². The Morgan fingerprint density at radius 1 is 1.12 bits per heavy atom. The Bertz CT molecular complexity index is 500. The van der Waals surface area contributed by atoms with Crippen molar-refractivity contribution in [2.24, 2.45) is 5.92 Å². The molecule has 1 rings (SSSR count). The molecule has 1 N–H and O–H groups in total. The van der Waals surface area contributed by atoms with E-state index in [1.165, 1.54) is 11.8 Å². The highest BCUT2D eigenvalue weighted by Gasteiger charge is 2.05. The number of carbonyl (C=O) groups excluding carboxylic acids is 2. The SMILES string of the molecule is CSC(=O)CCCCCNC(=O)c1ccc(COCC(C)C)cc1. The van der Waals surface area contributed by atoms with Gasteiger partial charge in [-0.15, -0.1) is 0 Å². The molecular weight excluding hydrogens is 322 g/mol. The van der Waals surface area contributed by atoms with E-state index in [9.17, 15) is 9.59 Å². The lowest BCUT2D eigenvalue weighted by molar-refractivity contribution is -0.111. The topological polar surface area (TPSA) is 55.4 Å². The van der Waals surface area contributed by atoms with Crippen molar-refractivity contribution >= 4 is 22.8 Å². The summed E-state index contributed by atoms with van der Waals surface area (Å²) in [5.41, 5.74) is 1.74. The maximum absolute atomic E-state index is 12.0. The molecule has 0 unspecified atom stereocenters. The summed E-state index contributed by atoms with van der Waals surface area (Å²) in [5.74, 6) is 0.471. The molecule has 0 bridgehead atoms. The van der Waals surface area contributed by atoms with Crippen LogP contribution in [0.4, 0.5) is 0 Å². The third-order valence-electron chi connectivity index (χ3n) is 3.51. The smallest absolute Gasteiger partial charge is 0.251 e. The Hall–Kier alpha value is -1.33. The largest absolute Gasteiger partial charge is 0.377 e. The van der Waals surface area contributed by atoms with Crippen LogP contribution in [0.2, 0.25) is 0 Å². The molecular formula is C19H29NO3S. The van der Waals surface area contributed by atoms with E-state index in [0.29, 0.717) is 31.1 Å². The van der Waals surface area contributed by atoms with E-state index < -0.39 is 0 Å². The van der Waals surface area contributed by atoms with Crippen molar-refractivity contribution in [3.8, 4) is 0 Å². The predicted octanol–water partition coefficient (Wildman–Crippen LogP) is 4.04. The summed E-state index contributed by atoms with van der Waals surface area (Å²) in [6.45, 7) is 6.20. The van der Waals surface area contributed by atoms with E-state index in [1.807, 2.05) is 30.5 Å². The molecule has 0 aromatic heterocycles. The van der Waals surface area contributed by atoms with Gasteiger partial charge in [-0.3, -0.25) is 9.59 Å². The normalized spacial score (nSPS) is 10.8. The molecule has 24 heavy (non-hydrogen) atoms. The van der Waals surface area contributed by atoms with Gasteiger partial charge in [-0.1, -0.05) is 44.2 Å². The minimum absolute atomic E-state index is 0.0511. The van der Waals surface area contributed by atoms with E-state index in [4.69, 9.17) is 4.74 Å². The number of ether oxygens (including phenoxy) is 1. The van der Waals surface area contributed by atoms with Crippen LogP contribution in [0.15, 0.2) is 24.3 Å². The first-order valence-corrected chi connectivity index (χ1v) is 9.77. The zero-order valence-corrected chi connectivity index (χ0v) is 15.8. The second-order valence-corrected chi connectivity index (χ2v) is 7.11. The summed E-state index contributed by atoms with van der Waals surface area (Å²) in [4.78, 5) is 23.2. The highest BCUT2D eigenvalue weighted by molar-refractivity contribution is 8.13. The van der Waals surface area contributed by atoms with Gasteiger partial charge in [-0.05, 0) is 42.7 Å². The summed E-state index contributed by atoms with van der Waals surface area (Å²) in [7, 11) is 0. The molecule has 0 aliphatic carbocycles. The lowest BCUT2D eigenvalue weighted by atomic mass is 10.1. The van der Waals surface area contributed by atoms with Crippen LogP contribution >= 0.6 is 11.8 Å². The van der Waals surface area contributed by atoms with Crippen molar-refractivity contribution in [3.05, 3.63) is 35.4 Å². The molecule has 1 aromatic rings. The highest BCUT2D eigenvalue weighted by atomic mass is 32.2. The minimum Gasteiger partial charge on any atom is -0.377 e. The van der Waals surface area contributed by atoms with Crippen molar-refractivity contribution in [3.63, 3.8) is 0 Å². The van der Waals surface area contributed by atoms with Gasteiger partial charge in [0.1, 0.15) is 0 Å². The Balaban J connectivity index is 2.21. The van der Waals surface area contributed by atoms with E-state index in [2.05, 4.69) is 19.2 Å². The van der Waals surface area contributed by atoms with Gasteiger partial charge in [0.15, 0.2) is 5.12 Å². The number of rotatable bonds is 11. The molecule has 0 aliphatic rings. The van der Waals surface area contributed by atoms with Crippen LogP contribution in [0.5, 0.6) is 0 Å². The average molecular weight is 352 g/mol. The zero-order valence-electron chi connectivity index (χ0n) is 15.0. The lowest BCUT2D eigenvalue weighted by Gasteiger charge is -2.08. The van der Waals surface area contributed by atoms with E-state index in [-0.39, 0.29) is 11.0 Å². The highest BCUT2D eigenvalue weighted by Crippen LogP contribution is 2.08. The molecule has 0 spiro atoms. The minimum atomic E-state index is -0.0511. The first-order valence-electron chi connectivity index (χ1n) is 8.54. The molecule has 5 heteroatoms. The Morgan fingerprint density at radius 2 is 1.83 bits per heavy atom. The van der Waals surface area contributed by atoms with Gasteiger partial charge in [0.2, 0.25) is 0 Å². The average Bonchev–Trinajstić information content (AvgIpc) is 2.57. The molecule has 1 amide bonds. The fraction of sp³-hybridized carbons (Fsp3) is 0.579. The maximum Gasteiger partial charge on any atom is 0.251 e. The zero-order chi connectivity index (χ0) is 17.8. The van der Waals surface area contributed by atoms with E-state index in [0.717, 1.165) is 31.4 Å². The second-order valence-electron chi connectivity index (χ2n) is 6.25. The van der Waals surface area contributed by atoms with Crippen molar-refractivity contribution in [1.82, 2.24) is 5.32 Å². The van der Waals surface area contributed by atoms with Crippen LogP contribution in [0.3, 0.4) is 0 Å². The second kappa shape index (κ2) is 12.1. The molecule has 134 valence electrons. The van der Waals surface area contributed by atoms with Crippen LogP contribution < -0.4 is 5.32 Å². The van der Waals surface area contributed by atoms with Gasteiger partial charge < -0.3 is 10.1 Å². The van der Waals surface area contributed by atoms with Gasteiger partial charge >= 0.3 is 0 Å². The van der Waals surface area contributed by atoms with Crippen LogP contribution in [-0.2, 0) is 16.1 Å². The molecule has 0 radical (unpaired) electrons. The summed E-state index contributed by atoms with van der Waals surface area (Å²) in [5, 5.41) is 3.15. The molecule has 0 heterocycles. The van der Waals surface area contributed by atoms with Crippen LogP contribution in [0.1, 0.15) is 55.5 Å². The molecule has 0 fully saturated rings. The van der Waals surface area contributed by atoms with Crippen LogP contribution in [0, 0.1) is 5.92 Å². The number of carbonyl (C=O) groups is 2. The van der Waals surface area contributed by atoms with Crippen LogP contribution in [0.25, 0.3) is 0 Å². The lowest BCUT2D eigenvalue weighted by Crippen LogP contribution is -2.24. The van der Waals surface area contributed by atoms with Crippen molar-refractivity contribution in [2.75, 3.05) is 19.4 Å². The van der Waals surface area contributed by atoms with E-state index >= 15 is 0 Å². The summed E-state index contributed by atoms with van der Waals surface area (Å²) in [6, 6.07) is 7.54. The Kier molecular flexibility index (Phi) is 10.4. The third kappa shape index (κ3) is 9.08. The number of benzene rings is 1. The number of thioether (sulfide) groups is 1. The van der Waals surface area contributed by atoms with Crippen molar-refractivity contribution in [2.45, 2.75) is 46.1 Å². The first-order chi connectivity index (χ1) is 11.5. The number of hydrogen-bond acceptors (Lipinski definition) is 4. The number of amides is 1. The molecule has 0 aliphatic heterocycles. The Labute approximate surface area is 149 Å². The fourth-order valence-corrected chi connectivity index (χ4v) is 2.49.